The van der Waals surface area contributed by atoms with Crippen LogP contribution in [-0.2, 0) is 11.2 Å². The average molecular weight is 180 g/mol. The van der Waals surface area contributed by atoms with Gasteiger partial charge in [-0.05, 0) is 18.1 Å². The lowest BCUT2D eigenvalue weighted by atomic mass is 10.1. The van der Waals surface area contributed by atoms with Crippen LogP contribution < -0.4 is 5.73 Å². The van der Waals surface area contributed by atoms with Gasteiger partial charge in [0.25, 0.3) is 0 Å². The maximum Gasteiger partial charge on any atom is 0.357 e. The van der Waals surface area contributed by atoms with Crippen molar-refractivity contribution in [2.24, 2.45) is 0 Å². The number of carbonyl (C=O) groups is 1. The van der Waals surface area contributed by atoms with Crippen LogP contribution in [0.25, 0.3) is 0 Å². The van der Waals surface area contributed by atoms with Crippen molar-refractivity contribution in [3.05, 3.63) is 23.4 Å². The number of ether oxygens (including phenoxy) is 1. The van der Waals surface area contributed by atoms with E-state index in [-0.39, 0.29) is 0 Å². The highest BCUT2D eigenvalue weighted by atomic mass is 16.5. The summed E-state index contributed by atoms with van der Waals surface area (Å²) in [4.78, 5) is 15.1. The lowest BCUT2D eigenvalue weighted by Crippen LogP contribution is -2.09. The molecule has 0 spiro atoms. The van der Waals surface area contributed by atoms with Gasteiger partial charge in [-0.15, -0.1) is 0 Å². The summed E-state index contributed by atoms with van der Waals surface area (Å²) in [5.74, 6) is -0.109. The predicted molar refractivity (Wildman–Crippen MR) is 49.4 cm³/mol. The van der Waals surface area contributed by atoms with Crippen LogP contribution >= 0.6 is 0 Å². The number of hydrogen-bond acceptors (Lipinski definition) is 4. The molecule has 0 aliphatic rings. The van der Waals surface area contributed by atoms with Crippen molar-refractivity contribution < 1.29 is 9.53 Å². The van der Waals surface area contributed by atoms with E-state index in [1.54, 1.807) is 12.1 Å². The van der Waals surface area contributed by atoms with Gasteiger partial charge in [-0.25, -0.2) is 9.78 Å². The first-order valence-electron chi connectivity index (χ1n) is 4.02. The molecule has 0 saturated heterocycles. The van der Waals surface area contributed by atoms with Crippen molar-refractivity contribution in [1.29, 1.82) is 0 Å². The van der Waals surface area contributed by atoms with Gasteiger partial charge in [-0.1, -0.05) is 13.0 Å². The second kappa shape index (κ2) is 3.89. The van der Waals surface area contributed by atoms with Crippen LogP contribution in [0.5, 0.6) is 0 Å². The molecule has 1 aromatic heterocycles. The van der Waals surface area contributed by atoms with E-state index in [9.17, 15) is 4.79 Å². The Hall–Kier alpha value is -1.58. The predicted octanol–water partition coefficient (Wildman–Crippen LogP) is 1.01. The third-order valence-electron chi connectivity index (χ3n) is 1.76. The fourth-order valence-corrected chi connectivity index (χ4v) is 1.06. The van der Waals surface area contributed by atoms with Crippen molar-refractivity contribution in [1.82, 2.24) is 4.98 Å². The summed E-state index contributed by atoms with van der Waals surface area (Å²) in [5.41, 5.74) is 6.61. The van der Waals surface area contributed by atoms with Gasteiger partial charge in [0.05, 0.1) is 7.11 Å². The van der Waals surface area contributed by atoms with Crippen LogP contribution in [0.15, 0.2) is 12.1 Å². The number of hydrogen-bond donors (Lipinski definition) is 1. The molecule has 2 N–H and O–H groups in total. The van der Waals surface area contributed by atoms with E-state index in [2.05, 4.69) is 9.72 Å². The molecule has 0 saturated carbocycles. The number of methoxy groups -OCH3 is 1. The molecular weight excluding hydrogens is 168 g/mol. The van der Waals surface area contributed by atoms with Crippen LogP contribution in [0.1, 0.15) is 23.0 Å². The largest absolute Gasteiger partial charge is 0.464 e. The lowest BCUT2D eigenvalue weighted by molar-refractivity contribution is 0.0593. The molecule has 0 unspecified atom stereocenters. The minimum absolute atomic E-state index is 0.310. The van der Waals surface area contributed by atoms with Crippen LogP contribution in [0.3, 0.4) is 0 Å². The summed E-state index contributed by atoms with van der Waals surface area (Å²) < 4.78 is 4.58. The maximum absolute atomic E-state index is 11.2. The monoisotopic (exact) mass is 180 g/mol. The van der Waals surface area contributed by atoms with Crippen molar-refractivity contribution in [2.45, 2.75) is 13.3 Å². The Morgan fingerprint density at radius 1 is 1.62 bits per heavy atom. The Kier molecular flexibility index (Phi) is 2.84. The summed E-state index contributed by atoms with van der Waals surface area (Å²) in [6.07, 6.45) is 0.734. The Bertz CT molecular complexity index is 323. The third kappa shape index (κ3) is 1.96. The number of nitrogens with zero attached hydrogens (tertiary/aromatic N) is 1. The number of carbonyl (C=O) groups excluding carboxylic acids is 1. The fraction of sp³-hybridized carbons (Fsp3) is 0.333. The Balaban J connectivity index is 3.15. The number of esters is 1. The molecule has 1 rings (SSSR count). The van der Waals surface area contributed by atoms with Crippen LogP contribution in [0.4, 0.5) is 5.82 Å². The molecule has 4 nitrogen and oxygen atoms in total. The molecule has 0 radical (unpaired) electrons. The number of anilines is 1. The molecule has 4 heteroatoms. The minimum atomic E-state index is -0.441. The highest BCUT2D eigenvalue weighted by Crippen LogP contribution is 2.10. The van der Waals surface area contributed by atoms with Gasteiger partial charge in [0.1, 0.15) is 5.82 Å². The van der Waals surface area contributed by atoms with E-state index in [1.165, 1.54) is 7.11 Å². The van der Waals surface area contributed by atoms with Gasteiger partial charge < -0.3 is 10.5 Å². The fourth-order valence-electron chi connectivity index (χ4n) is 1.06. The van der Waals surface area contributed by atoms with Gasteiger partial charge in [0, 0.05) is 0 Å². The van der Waals surface area contributed by atoms with E-state index in [1.807, 2.05) is 6.92 Å². The highest BCUT2D eigenvalue weighted by Gasteiger charge is 2.12. The molecule has 0 bridgehead atoms. The van der Waals surface area contributed by atoms with Crippen molar-refractivity contribution in [3.63, 3.8) is 0 Å². The first-order chi connectivity index (χ1) is 6.19. The summed E-state index contributed by atoms with van der Waals surface area (Å²) in [6, 6.07) is 3.46. The number of nitrogen functional groups attached to an aromatic ring is 1. The smallest absolute Gasteiger partial charge is 0.357 e. The van der Waals surface area contributed by atoms with Crippen molar-refractivity contribution in [2.75, 3.05) is 12.8 Å². The first kappa shape index (κ1) is 9.51. The standard InChI is InChI=1S/C9H12N2O2/c1-3-6-4-5-7(10)11-8(6)9(12)13-2/h4-5H,3H2,1-2H3,(H2,10,11). The Labute approximate surface area is 76.7 Å². The second-order valence-corrected chi connectivity index (χ2v) is 2.59. The number of nitrogens with two attached hydrogens (primary N) is 1. The average Bonchev–Trinajstić information content (AvgIpc) is 2.16. The van der Waals surface area contributed by atoms with Crippen LogP contribution in [0, 0.1) is 0 Å². The summed E-state index contributed by atoms with van der Waals surface area (Å²) in [7, 11) is 1.33. The first-order valence-corrected chi connectivity index (χ1v) is 4.02. The normalized spacial score (nSPS) is 9.69. The molecule has 0 fully saturated rings. The van der Waals surface area contributed by atoms with Gasteiger partial charge in [-0.2, -0.15) is 0 Å². The molecule has 0 aliphatic carbocycles. The molecule has 0 aromatic carbocycles. The van der Waals surface area contributed by atoms with Crippen molar-refractivity contribution >= 4 is 11.8 Å². The van der Waals surface area contributed by atoms with Crippen molar-refractivity contribution in [3.8, 4) is 0 Å². The number of aromatic nitrogens is 1. The molecular formula is C9H12N2O2. The number of pyridine rings is 1. The molecule has 0 aliphatic heterocycles. The Morgan fingerprint density at radius 2 is 2.31 bits per heavy atom. The van der Waals surface area contributed by atoms with Gasteiger partial charge in [0.2, 0.25) is 0 Å². The van der Waals surface area contributed by atoms with Gasteiger partial charge in [-0.3, -0.25) is 0 Å². The second-order valence-electron chi connectivity index (χ2n) is 2.59. The summed E-state index contributed by atoms with van der Waals surface area (Å²) in [6.45, 7) is 1.94. The maximum atomic E-state index is 11.2. The quantitative estimate of drug-likeness (QED) is 0.690. The minimum Gasteiger partial charge on any atom is -0.464 e. The molecule has 1 aromatic rings. The van der Waals surface area contributed by atoms with E-state index in [0.29, 0.717) is 11.5 Å². The summed E-state index contributed by atoms with van der Waals surface area (Å²) >= 11 is 0. The van der Waals surface area contributed by atoms with Crippen LogP contribution in [-0.4, -0.2) is 18.1 Å². The van der Waals surface area contributed by atoms with Gasteiger partial charge in [0.15, 0.2) is 5.69 Å². The van der Waals surface area contributed by atoms with E-state index < -0.39 is 5.97 Å². The third-order valence-corrected chi connectivity index (χ3v) is 1.76. The van der Waals surface area contributed by atoms with E-state index >= 15 is 0 Å². The molecule has 1 heterocycles. The summed E-state index contributed by atoms with van der Waals surface area (Å²) in [5, 5.41) is 0. The number of rotatable bonds is 2. The van der Waals surface area contributed by atoms with E-state index in [4.69, 9.17) is 5.73 Å². The zero-order valence-electron chi connectivity index (χ0n) is 7.70. The van der Waals surface area contributed by atoms with E-state index in [0.717, 1.165) is 12.0 Å². The zero-order valence-corrected chi connectivity index (χ0v) is 7.70. The zero-order chi connectivity index (χ0) is 9.84. The molecule has 0 amide bonds. The number of aryl methyl sites for hydroxylation is 1. The highest BCUT2D eigenvalue weighted by molar-refractivity contribution is 5.89. The molecule has 13 heavy (non-hydrogen) atoms. The van der Waals surface area contributed by atoms with Gasteiger partial charge >= 0.3 is 5.97 Å². The Morgan fingerprint density at radius 3 is 2.85 bits per heavy atom. The van der Waals surface area contributed by atoms with Crippen LogP contribution in [0.2, 0.25) is 0 Å². The lowest BCUT2D eigenvalue weighted by Gasteiger charge is -2.04. The molecule has 0 atom stereocenters. The molecule has 70 valence electrons. The topological polar surface area (TPSA) is 65.2 Å². The SMILES string of the molecule is CCc1ccc(N)nc1C(=O)OC.